The molecule has 0 aromatic heterocycles. The Balaban J connectivity index is 1.93. The number of piperidine rings is 1. The predicted octanol–water partition coefficient (Wildman–Crippen LogP) is 1.91. The lowest BCUT2D eigenvalue weighted by Gasteiger charge is -2.38. The summed E-state index contributed by atoms with van der Waals surface area (Å²) >= 11 is 0. The number of nitrogens with zero attached hydrogens (tertiary/aromatic N) is 1. The number of carbonyl (C=O) groups is 3. The number of urea groups is 1. The van der Waals surface area contributed by atoms with Gasteiger partial charge in [0.15, 0.2) is 0 Å². The number of para-hydroxylation sites is 1. The minimum Gasteiger partial charge on any atom is -0.481 e. The van der Waals surface area contributed by atoms with Gasteiger partial charge in [0.1, 0.15) is 6.04 Å². The molecular formula is C17H23N3O4. The summed E-state index contributed by atoms with van der Waals surface area (Å²) in [6.07, 6.45) is 1.21. The molecule has 1 aliphatic rings. The molecular weight excluding hydrogens is 310 g/mol. The van der Waals surface area contributed by atoms with E-state index in [4.69, 9.17) is 0 Å². The van der Waals surface area contributed by atoms with E-state index in [1.807, 2.05) is 6.07 Å². The molecule has 0 radical (unpaired) electrons. The highest BCUT2D eigenvalue weighted by Crippen LogP contribution is 2.24. The molecule has 130 valence electrons. The normalized spacial score (nSPS) is 21.7. The number of anilines is 1. The number of likely N-dealkylation sites (tertiary alicyclic amines) is 1. The molecule has 1 saturated heterocycles. The molecule has 3 atom stereocenters. The molecule has 1 heterocycles. The number of amides is 3. The number of carbonyl (C=O) groups excluding carboxylic acids is 2. The summed E-state index contributed by atoms with van der Waals surface area (Å²) in [5, 5.41) is 14.5. The quantitative estimate of drug-likeness (QED) is 0.784. The van der Waals surface area contributed by atoms with Gasteiger partial charge in [0.25, 0.3) is 0 Å². The Morgan fingerprint density at radius 3 is 2.54 bits per heavy atom. The van der Waals surface area contributed by atoms with E-state index in [0.29, 0.717) is 25.1 Å². The average Bonchev–Trinajstić information content (AvgIpc) is 2.54. The minimum absolute atomic E-state index is 0.267. The molecule has 1 fully saturated rings. The van der Waals surface area contributed by atoms with E-state index in [9.17, 15) is 19.5 Å². The van der Waals surface area contributed by atoms with Gasteiger partial charge in [-0.3, -0.25) is 9.59 Å². The summed E-state index contributed by atoms with van der Waals surface area (Å²) in [5.41, 5.74) is 0.631. The van der Waals surface area contributed by atoms with E-state index in [1.54, 1.807) is 43.0 Å². The Morgan fingerprint density at radius 1 is 1.25 bits per heavy atom. The number of nitrogens with one attached hydrogen (secondary N) is 2. The highest BCUT2D eigenvalue weighted by molar-refractivity contribution is 5.93. The first kappa shape index (κ1) is 17.8. The van der Waals surface area contributed by atoms with Crippen LogP contribution in [0.1, 0.15) is 26.7 Å². The van der Waals surface area contributed by atoms with Crippen molar-refractivity contribution in [3.63, 3.8) is 0 Å². The van der Waals surface area contributed by atoms with Crippen molar-refractivity contribution in [1.82, 2.24) is 10.2 Å². The third kappa shape index (κ3) is 4.24. The Kier molecular flexibility index (Phi) is 5.78. The molecule has 1 aromatic carbocycles. The molecule has 1 aliphatic heterocycles. The zero-order valence-electron chi connectivity index (χ0n) is 13.9. The van der Waals surface area contributed by atoms with Crippen LogP contribution in [0.5, 0.6) is 0 Å². The van der Waals surface area contributed by atoms with Crippen molar-refractivity contribution in [1.29, 1.82) is 0 Å². The van der Waals surface area contributed by atoms with Gasteiger partial charge in [-0.2, -0.15) is 0 Å². The first-order valence-electron chi connectivity index (χ1n) is 8.06. The zero-order chi connectivity index (χ0) is 17.7. The molecule has 7 nitrogen and oxygen atoms in total. The van der Waals surface area contributed by atoms with E-state index >= 15 is 0 Å². The van der Waals surface area contributed by atoms with Crippen LogP contribution >= 0.6 is 0 Å². The fourth-order valence-corrected chi connectivity index (χ4v) is 2.98. The molecule has 3 N–H and O–H groups in total. The number of rotatable bonds is 4. The van der Waals surface area contributed by atoms with Crippen LogP contribution in [-0.2, 0) is 9.59 Å². The Labute approximate surface area is 141 Å². The number of carboxylic acid groups (broad SMARTS) is 1. The van der Waals surface area contributed by atoms with Crippen LogP contribution in [0.4, 0.5) is 10.5 Å². The van der Waals surface area contributed by atoms with Gasteiger partial charge < -0.3 is 20.6 Å². The highest BCUT2D eigenvalue weighted by Gasteiger charge is 2.36. The third-order valence-electron chi connectivity index (χ3n) is 4.34. The van der Waals surface area contributed by atoms with Crippen LogP contribution in [0.25, 0.3) is 0 Å². The number of carboxylic acids is 1. The van der Waals surface area contributed by atoms with Crippen LogP contribution in [0, 0.1) is 5.92 Å². The zero-order valence-corrected chi connectivity index (χ0v) is 13.9. The van der Waals surface area contributed by atoms with E-state index in [1.165, 1.54) is 0 Å². The van der Waals surface area contributed by atoms with Crippen LogP contribution in [-0.4, -0.2) is 46.5 Å². The van der Waals surface area contributed by atoms with Crippen LogP contribution in [0.3, 0.4) is 0 Å². The van der Waals surface area contributed by atoms with E-state index in [2.05, 4.69) is 10.6 Å². The molecule has 0 spiro atoms. The van der Waals surface area contributed by atoms with E-state index in [0.717, 1.165) is 0 Å². The van der Waals surface area contributed by atoms with Crippen molar-refractivity contribution in [3.8, 4) is 0 Å². The molecule has 2 rings (SSSR count). The summed E-state index contributed by atoms with van der Waals surface area (Å²) < 4.78 is 0. The molecule has 7 heteroatoms. The molecule has 0 aliphatic carbocycles. The van der Waals surface area contributed by atoms with Gasteiger partial charge >= 0.3 is 12.0 Å². The number of hydrogen-bond donors (Lipinski definition) is 3. The summed E-state index contributed by atoms with van der Waals surface area (Å²) in [7, 11) is 0. The maximum absolute atomic E-state index is 12.6. The molecule has 3 amide bonds. The Hall–Kier alpha value is -2.57. The second-order valence-corrected chi connectivity index (χ2v) is 6.05. The molecule has 1 unspecified atom stereocenters. The SMILES string of the molecule is CC(NC(=O)Nc1ccccc1)C(=O)N1CCC[C@H](C(=O)O)[C@@H]1C. The summed E-state index contributed by atoms with van der Waals surface area (Å²) in [5.74, 6) is -1.72. The van der Waals surface area contributed by atoms with Crippen molar-refractivity contribution in [2.75, 3.05) is 11.9 Å². The van der Waals surface area contributed by atoms with Gasteiger partial charge in [0.2, 0.25) is 5.91 Å². The smallest absolute Gasteiger partial charge is 0.319 e. The standard InChI is InChI=1S/C17H23N3O4/c1-11(18-17(24)19-13-7-4-3-5-8-13)15(21)20-10-6-9-14(12(20)2)16(22)23/h3-5,7-8,11-12,14H,6,9-10H2,1-2H3,(H,22,23)(H2,18,19,24)/t11?,12-,14-/m0/s1. The third-order valence-corrected chi connectivity index (χ3v) is 4.34. The van der Waals surface area contributed by atoms with Crippen molar-refractivity contribution < 1.29 is 19.5 Å². The van der Waals surface area contributed by atoms with Crippen LogP contribution in [0.2, 0.25) is 0 Å². The maximum Gasteiger partial charge on any atom is 0.319 e. The predicted molar refractivity (Wildman–Crippen MR) is 89.6 cm³/mol. The molecule has 0 bridgehead atoms. The van der Waals surface area contributed by atoms with Gasteiger partial charge in [-0.05, 0) is 38.8 Å². The summed E-state index contributed by atoms with van der Waals surface area (Å²) in [4.78, 5) is 37.3. The van der Waals surface area contributed by atoms with Gasteiger partial charge in [0, 0.05) is 18.3 Å². The fourth-order valence-electron chi connectivity index (χ4n) is 2.98. The highest BCUT2D eigenvalue weighted by atomic mass is 16.4. The Bertz CT molecular complexity index is 605. The van der Waals surface area contributed by atoms with Crippen molar-refractivity contribution in [2.45, 2.75) is 38.8 Å². The summed E-state index contributed by atoms with van der Waals surface area (Å²) in [6.45, 7) is 3.85. The van der Waals surface area contributed by atoms with Crippen molar-refractivity contribution in [3.05, 3.63) is 30.3 Å². The Morgan fingerprint density at radius 2 is 1.92 bits per heavy atom. The number of aliphatic carboxylic acids is 1. The van der Waals surface area contributed by atoms with Crippen molar-refractivity contribution >= 4 is 23.6 Å². The molecule has 24 heavy (non-hydrogen) atoms. The second-order valence-electron chi connectivity index (χ2n) is 6.05. The topological polar surface area (TPSA) is 98.7 Å². The van der Waals surface area contributed by atoms with Crippen molar-refractivity contribution in [2.24, 2.45) is 5.92 Å². The summed E-state index contributed by atoms with van der Waals surface area (Å²) in [6, 6.07) is 7.34. The maximum atomic E-state index is 12.6. The number of hydrogen-bond acceptors (Lipinski definition) is 3. The molecule has 1 aromatic rings. The lowest BCUT2D eigenvalue weighted by molar-refractivity contribution is -0.149. The van der Waals surface area contributed by atoms with Gasteiger partial charge in [-0.25, -0.2) is 4.79 Å². The van der Waals surface area contributed by atoms with Gasteiger partial charge in [-0.15, -0.1) is 0 Å². The van der Waals surface area contributed by atoms with E-state index < -0.39 is 24.0 Å². The lowest BCUT2D eigenvalue weighted by atomic mass is 9.90. The monoisotopic (exact) mass is 333 g/mol. The minimum atomic E-state index is -0.887. The largest absolute Gasteiger partial charge is 0.481 e. The first-order valence-corrected chi connectivity index (χ1v) is 8.06. The van der Waals surface area contributed by atoms with Gasteiger partial charge in [0.05, 0.1) is 5.92 Å². The lowest BCUT2D eigenvalue weighted by Crippen LogP contribution is -2.55. The average molecular weight is 333 g/mol. The first-order chi connectivity index (χ1) is 11.4. The van der Waals surface area contributed by atoms with Gasteiger partial charge in [-0.1, -0.05) is 18.2 Å². The second kappa shape index (κ2) is 7.81. The fraction of sp³-hybridized carbons (Fsp3) is 0.471. The van der Waals surface area contributed by atoms with E-state index in [-0.39, 0.29) is 11.9 Å². The van der Waals surface area contributed by atoms with Crippen LogP contribution in [0.15, 0.2) is 30.3 Å². The van der Waals surface area contributed by atoms with Crippen LogP contribution < -0.4 is 10.6 Å². The number of benzene rings is 1. The molecule has 0 saturated carbocycles.